The molecule has 0 fully saturated rings. The summed E-state index contributed by atoms with van der Waals surface area (Å²) in [6, 6.07) is 17.9. The SMILES string of the molecule is N#Cc1cccc2[nH]ccc12.NCc1cccc2[nH]ccc12. The molecule has 22 heavy (non-hydrogen) atoms. The molecule has 2 aromatic heterocycles. The van der Waals surface area contributed by atoms with Gasteiger partial charge in [0.1, 0.15) is 0 Å². The minimum atomic E-state index is 0.606. The molecule has 0 atom stereocenters. The van der Waals surface area contributed by atoms with E-state index >= 15 is 0 Å². The van der Waals surface area contributed by atoms with Crippen LogP contribution in [0.15, 0.2) is 60.9 Å². The monoisotopic (exact) mass is 288 g/mol. The second kappa shape index (κ2) is 6.17. The van der Waals surface area contributed by atoms with Crippen molar-refractivity contribution in [1.29, 1.82) is 5.26 Å². The van der Waals surface area contributed by atoms with Gasteiger partial charge in [-0.2, -0.15) is 5.26 Å². The molecule has 0 amide bonds. The molecule has 2 heterocycles. The molecular weight excluding hydrogens is 272 g/mol. The largest absolute Gasteiger partial charge is 0.361 e. The van der Waals surface area contributed by atoms with Crippen LogP contribution in [0.25, 0.3) is 21.8 Å². The average molecular weight is 288 g/mol. The predicted molar refractivity (Wildman–Crippen MR) is 89.2 cm³/mol. The number of hydrogen-bond donors (Lipinski definition) is 3. The quantitative estimate of drug-likeness (QED) is 0.499. The highest BCUT2D eigenvalue weighted by Gasteiger charge is 1.98. The van der Waals surface area contributed by atoms with E-state index in [9.17, 15) is 0 Å². The third-order valence-electron chi connectivity index (χ3n) is 3.62. The van der Waals surface area contributed by atoms with Crippen LogP contribution >= 0.6 is 0 Å². The van der Waals surface area contributed by atoms with E-state index in [0.29, 0.717) is 6.54 Å². The standard InChI is InChI=1S/C9H10N2.C9H6N2/c2*10-6-7-2-1-3-9-8(7)4-5-11-9/h1-5,11H,6,10H2;1-5,11H. The summed E-state index contributed by atoms with van der Waals surface area (Å²) in [5.74, 6) is 0. The normalized spacial score (nSPS) is 10.2. The highest BCUT2D eigenvalue weighted by Crippen LogP contribution is 2.16. The molecular formula is C18H16N4. The van der Waals surface area contributed by atoms with Gasteiger partial charge in [0.15, 0.2) is 0 Å². The summed E-state index contributed by atoms with van der Waals surface area (Å²) in [6.45, 7) is 0.606. The third kappa shape index (κ3) is 2.58. The van der Waals surface area contributed by atoms with Crippen LogP contribution < -0.4 is 5.73 Å². The minimum Gasteiger partial charge on any atom is -0.361 e. The number of hydrogen-bond acceptors (Lipinski definition) is 2. The van der Waals surface area contributed by atoms with Gasteiger partial charge in [0, 0.05) is 40.7 Å². The van der Waals surface area contributed by atoms with E-state index in [4.69, 9.17) is 11.0 Å². The van der Waals surface area contributed by atoms with E-state index in [0.717, 1.165) is 22.0 Å². The predicted octanol–water partition coefficient (Wildman–Crippen LogP) is 3.67. The van der Waals surface area contributed by atoms with E-state index in [2.05, 4.69) is 34.2 Å². The maximum atomic E-state index is 8.69. The molecule has 2 aromatic carbocycles. The van der Waals surface area contributed by atoms with E-state index in [1.54, 1.807) is 0 Å². The van der Waals surface area contributed by atoms with Crippen LogP contribution in [0.1, 0.15) is 11.1 Å². The highest BCUT2D eigenvalue weighted by atomic mass is 14.7. The number of H-pyrrole nitrogens is 2. The molecule has 0 unspecified atom stereocenters. The maximum absolute atomic E-state index is 8.69. The Balaban J connectivity index is 0.000000131. The molecule has 0 saturated carbocycles. The summed E-state index contributed by atoms with van der Waals surface area (Å²) >= 11 is 0. The molecule has 4 N–H and O–H groups in total. The van der Waals surface area contributed by atoms with E-state index in [1.807, 2.05) is 42.7 Å². The van der Waals surface area contributed by atoms with Crippen LogP contribution in [0, 0.1) is 11.3 Å². The van der Waals surface area contributed by atoms with E-state index in [-0.39, 0.29) is 0 Å². The van der Waals surface area contributed by atoms with Gasteiger partial charge in [0.25, 0.3) is 0 Å². The third-order valence-corrected chi connectivity index (χ3v) is 3.62. The first kappa shape index (κ1) is 13.9. The van der Waals surface area contributed by atoms with Crippen molar-refractivity contribution < 1.29 is 0 Å². The molecule has 0 aliphatic heterocycles. The van der Waals surface area contributed by atoms with Crippen molar-refractivity contribution >= 4 is 21.8 Å². The molecule has 4 heteroatoms. The van der Waals surface area contributed by atoms with Gasteiger partial charge >= 0.3 is 0 Å². The van der Waals surface area contributed by atoms with Crippen molar-refractivity contribution in [2.24, 2.45) is 5.73 Å². The van der Waals surface area contributed by atoms with Crippen molar-refractivity contribution in [3.05, 3.63) is 72.1 Å². The fourth-order valence-corrected chi connectivity index (χ4v) is 2.51. The molecule has 0 aliphatic carbocycles. The van der Waals surface area contributed by atoms with Crippen molar-refractivity contribution in [3.8, 4) is 6.07 Å². The summed E-state index contributed by atoms with van der Waals surface area (Å²) in [5, 5.41) is 10.9. The van der Waals surface area contributed by atoms with Crippen LogP contribution in [-0.2, 0) is 6.54 Å². The molecule has 0 aliphatic rings. The lowest BCUT2D eigenvalue weighted by Gasteiger charge is -1.96. The van der Waals surface area contributed by atoms with Gasteiger partial charge in [-0.05, 0) is 35.9 Å². The number of aromatic amines is 2. The van der Waals surface area contributed by atoms with Crippen LogP contribution in [-0.4, -0.2) is 9.97 Å². The second-order valence-electron chi connectivity index (χ2n) is 4.92. The zero-order valence-electron chi connectivity index (χ0n) is 12.0. The van der Waals surface area contributed by atoms with Gasteiger partial charge < -0.3 is 15.7 Å². The number of rotatable bonds is 1. The van der Waals surface area contributed by atoms with Gasteiger partial charge in [-0.25, -0.2) is 0 Å². The lowest BCUT2D eigenvalue weighted by Crippen LogP contribution is -1.95. The molecule has 0 radical (unpaired) electrons. The number of benzene rings is 2. The fourth-order valence-electron chi connectivity index (χ4n) is 2.51. The molecule has 108 valence electrons. The number of nitrogens with zero attached hydrogens (tertiary/aromatic N) is 1. The summed E-state index contributed by atoms with van der Waals surface area (Å²) < 4.78 is 0. The Kier molecular flexibility index (Phi) is 3.90. The Morgan fingerprint density at radius 2 is 1.50 bits per heavy atom. The van der Waals surface area contributed by atoms with Gasteiger partial charge in [-0.3, -0.25) is 0 Å². The molecule has 4 nitrogen and oxygen atoms in total. The maximum Gasteiger partial charge on any atom is 0.0998 e. The Morgan fingerprint density at radius 3 is 2.18 bits per heavy atom. The number of fused-ring (bicyclic) bond motifs is 2. The lowest BCUT2D eigenvalue weighted by atomic mass is 10.1. The fraction of sp³-hybridized carbons (Fsp3) is 0.0556. The topological polar surface area (TPSA) is 81.4 Å². The Morgan fingerprint density at radius 1 is 0.864 bits per heavy atom. The first-order valence-electron chi connectivity index (χ1n) is 7.04. The minimum absolute atomic E-state index is 0.606. The number of nitrogens with two attached hydrogens (primary N) is 1. The number of nitriles is 1. The first-order valence-corrected chi connectivity index (χ1v) is 7.04. The lowest BCUT2D eigenvalue weighted by molar-refractivity contribution is 1.09. The molecule has 0 saturated heterocycles. The highest BCUT2D eigenvalue weighted by molar-refractivity contribution is 5.85. The Labute approximate surface area is 128 Å². The summed E-state index contributed by atoms with van der Waals surface area (Å²) in [7, 11) is 0. The van der Waals surface area contributed by atoms with Crippen molar-refractivity contribution in [2.75, 3.05) is 0 Å². The van der Waals surface area contributed by atoms with E-state index < -0.39 is 0 Å². The second-order valence-corrected chi connectivity index (χ2v) is 4.92. The Bertz CT molecular complexity index is 940. The van der Waals surface area contributed by atoms with E-state index in [1.165, 1.54) is 10.9 Å². The van der Waals surface area contributed by atoms with Crippen molar-refractivity contribution in [3.63, 3.8) is 0 Å². The summed E-state index contributed by atoms with van der Waals surface area (Å²) in [4.78, 5) is 6.18. The van der Waals surface area contributed by atoms with Crippen LogP contribution in [0.2, 0.25) is 0 Å². The zero-order valence-corrected chi connectivity index (χ0v) is 12.0. The van der Waals surface area contributed by atoms with Crippen molar-refractivity contribution in [2.45, 2.75) is 6.54 Å². The smallest absolute Gasteiger partial charge is 0.0998 e. The van der Waals surface area contributed by atoms with Crippen LogP contribution in [0.5, 0.6) is 0 Å². The van der Waals surface area contributed by atoms with Gasteiger partial charge in [0.2, 0.25) is 0 Å². The molecule has 0 spiro atoms. The van der Waals surface area contributed by atoms with Crippen LogP contribution in [0.4, 0.5) is 0 Å². The average Bonchev–Trinajstić information content (AvgIpc) is 3.23. The van der Waals surface area contributed by atoms with Crippen LogP contribution in [0.3, 0.4) is 0 Å². The van der Waals surface area contributed by atoms with Crippen molar-refractivity contribution in [1.82, 2.24) is 9.97 Å². The van der Waals surface area contributed by atoms with Gasteiger partial charge in [-0.1, -0.05) is 18.2 Å². The van der Waals surface area contributed by atoms with Gasteiger partial charge in [-0.15, -0.1) is 0 Å². The number of nitrogens with one attached hydrogen (secondary N) is 2. The Hall–Kier alpha value is -3.03. The summed E-state index contributed by atoms with van der Waals surface area (Å²) in [6.07, 6.45) is 3.77. The summed E-state index contributed by atoms with van der Waals surface area (Å²) in [5.41, 5.74) is 9.66. The first-order chi connectivity index (χ1) is 10.8. The molecule has 4 rings (SSSR count). The number of aromatic nitrogens is 2. The molecule has 4 aromatic rings. The van der Waals surface area contributed by atoms with Gasteiger partial charge in [0.05, 0.1) is 11.6 Å². The molecule has 0 bridgehead atoms. The zero-order chi connectivity index (χ0) is 15.4.